The first-order valence-electron chi connectivity index (χ1n) is 12.1. The molecule has 1 amide bonds. The van der Waals surface area contributed by atoms with Crippen molar-refractivity contribution in [2.45, 2.75) is 49.5 Å². The number of thioether (sulfide) groups is 1. The number of aromatic nitrogens is 3. The molecule has 1 saturated heterocycles. The van der Waals surface area contributed by atoms with Crippen LogP contribution in [-0.4, -0.2) is 56.3 Å². The Hall–Kier alpha value is -3.05. The number of carbonyl (C=O) groups is 1. The SMILES string of the molecule is C=CC(=O)N1[C@H](C)CN(c2nc(=O)n3c4c(c(Cl)c(C(F)(F)F)cc24)SC[C@@H](c2ccccn2)C3)C[C@@H]1C. The molecule has 3 atom stereocenters. The number of hydrogen-bond donors (Lipinski definition) is 0. The van der Waals surface area contributed by atoms with Gasteiger partial charge >= 0.3 is 11.9 Å². The van der Waals surface area contributed by atoms with E-state index < -0.39 is 22.5 Å². The summed E-state index contributed by atoms with van der Waals surface area (Å²) in [5, 5.41) is -0.224. The maximum Gasteiger partial charge on any atom is 0.417 e. The van der Waals surface area contributed by atoms with Crippen LogP contribution >= 0.6 is 23.4 Å². The van der Waals surface area contributed by atoms with E-state index in [0.29, 0.717) is 24.4 Å². The number of pyridine rings is 1. The van der Waals surface area contributed by atoms with E-state index in [1.807, 2.05) is 26.0 Å². The van der Waals surface area contributed by atoms with Crippen LogP contribution < -0.4 is 10.6 Å². The van der Waals surface area contributed by atoms with Crippen molar-refractivity contribution in [3.8, 4) is 0 Å². The van der Waals surface area contributed by atoms with Gasteiger partial charge in [0.25, 0.3) is 0 Å². The fourth-order valence-electron chi connectivity index (χ4n) is 5.41. The van der Waals surface area contributed by atoms with Crippen molar-refractivity contribution in [2.75, 3.05) is 23.7 Å². The van der Waals surface area contributed by atoms with Gasteiger partial charge in [0.1, 0.15) is 5.82 Å². The molecule has 4 heterocycles. The second kappa shape index (κ2) is 9.92. The quantitative estimate of drug-likeness (QED) is 0.419. The lowest BCUT2D eigenvalue weighted by molar-refractivity contribution is -0.137. The van der Waals surface area contributed by atoms with Gasteiger partial charge in [-0.1, -0.05) is 24.2 Å². The van der Waals surface area contributed by atoms with Crippen molar-refractivity contribution in [1.82, 2.24) is 19.4 Å². The number of anilines is 1. The second-order valence-corrected chi connectivity index (χ2v) is 11.0. The third-order valence-electron chi connectivity index (χ3n) is 7.03. The molecule has 200 valence electrons. The molecule has 12 heteroatoms. The van der Waals surface area contributed by atoms with E-state index in [-0.39, 0.29) is 46.6 Å². The first-order chi connectivity index (χ1) is 18.0. The number of amides is 1. The van der Waals surface area contributed by atoms with Crippen LogP contribution in [-0.2, 0) is 17.5 Å². The van der Waals surface area contributed by atoms with Gasteiger partial charge in [-0.3, -0.25) is 14.3 Å². The third kappa shape index (κ3) is 4.55. The maximum atomic E-state index is 14.2. The molecule has 0 N–H and O–H groups in total. The predicted octanol–water partition coefficient (Wildman–Crippen LogP) is 4.96. The first-order valence-corrected chi connectivity index (χ1v) is 13.4. The van der Waals surface area contributed by atoms with Crippen LogP contribution in [0.3, 0.4) is 0 Å². The van der Waals surface area contributed by atoms with Gasteiger partial charge in [0.15, 0.2) is 0 Å². The fourth-order valence-corrected chi connectivity index (χ4v) is 7.06. The highest BCUT2D eigenvalue weighted by Gasteiger charge is 2.39. The number of benzene rings is 1. The molecule has 0 saturated carbocycles. The highest BCUT2D eigenvalue weighted by molar-refractivity contribution is 7.99. The van der Waals surface area contributed by atoms with E-state index in [1.165, 1.54) is 22.4 Å². The number of carbonyl (C=O) groups excluding carboxylic acids is 1. The summed E-state index contributed by atoms with van der Waals surface area (Å²) in [5.74, 6) is 0.0844. The Morgan fingerprint density at radius 1 is 1.21 bits per heavy atom. The van der Waals surface area contributed by atoms with E-state index in [4.69, 9.17) is 11.6 Å². The molecule has 38 heavy (non-hydrogen) atoms. The molecule has 0 aliphatic carbocycles. The van der Waals surface area contributed by atoms with E-state index in [1.54, 1.807) is 22.1 Å². The van der Waals surface area contributed by atoms with Crippen LogP contribution in [0.2, 0.25) is 5.02 Å². The largest absolute Gasteiger partial charge is 0.417 e. The molecule has 0 bridgehead atoms. The zero-order valence-corrected chi connectivity index (χ0v) is 22.3. The summed E-state index contributed by atoms with van der Waals surface area (Å²) in [7, 11) is 0. The monoisotopic (exact) mass is 563 g/mol. The van der Waals surface area contributed by atoms with Gasteiger partial charge in [-0.05, 0) is 38.1 Å². The normalized spacial score (nSPS) is 21.9. The Labute approximate surface area is 226 Å². The molecule has 7 nitrogen and oxygen atoms in total. The standard InChI is InChI=1S/C26H25ClF3N5O2S/c1-4-20(36)35-14(2)10-33(11-15(35)3)24-17-9-18(26(28,29)30)21(27)23-22(17)34(25(37)32-24)12-16(13-38-23)19-7-5-6-8-31-19/h4-9,14-16H,1,10-13H2,2-3H3/t14-,15+,16-/m0/s1. The molecule has 1 fully saturated rings. The molecular formula is C26H25ClF3N5O2S. The number of nitrogens with zero attached hydrogens (tertiary/aromatic N) is 5. The summed E-state index contributed by atoms with van der Waals surface area (Å²) in [4.78, 5) is 38.3. The minimum Gasteiger partial charge on any atom is -0.352 e. The minimum atomic E-state index is -4.71. The van der Waals surface area contributed by atoms with Crippen molar-refractivity contribution in [1.29, 1.82) is 0 Å². The Morgan fingerprint density at radius 3 is 2.53 bits per heavy atom. The average molecular weight is 564 g/mol. The summed E-state index contributed by atoms with van der Waals surface area (Å²) < 4.78 is 43.9. The molecule has 2 aromatic heterocycles. The second-order valence-electron chi connectivity index (χ2n) is 9.60. The lowest BCUT2D eigenvalue weighted by atomic mass is 10.0. The lowest BCUT2D eigenvalue weighted by Crippen LogP contribution is -2.58. The zero-order valence-electron chi connectivity index (χ0n) is 20.7. The van der Waals surface area contributed by atoms with Crippen LogP contribution in [0.1, 0.15) is 31.0 Å². The maximum absolute atomic E-state index is 14.2. The topological polar surface area (TPSA) is 71.3 Å². The zero-order chi connectivity index (χ0) is 27.4. The summed E-state index contributed by atoms with van der Waals surface area (Å²) in [6.45, 7) is 8.04. The van der Waals surface area contributed by atoms with E-state index in [9.17, 15) is 22.8 Å². The molecule has 0 spiro atoms. The Morgan fingerprint density at radius 2 is 1.92 bits per heavy atom. The summed E-state index contributed by atoms with van der Waals surface area (Å²) >= 11 is 7.58. The molecule has 1 aromatic carbocycles. The number of piperazine rings is 1. The molecule has 0 radical (unpaired) electrons. The molecule has 2 aliphatic heterocycles. The smallest absolute Gasteiger partial charge is 0.352 e. The van der Waals surface area contributed by atoms with Gasteiger partial charge in [-0.25, -0.2) is 4.79 Å². The Balaban J connectivity index is 1.70. The van der Waals surface area contributed by atoms with Crippen molar-refractivity contribution >= 4 is 46.0 Å². The summed E-state index contributed by atoms with van der Waals surface area (Å²) in [6.07, 6.45) is -1.82. The van der Waals surface area contributed by atoms with Crippen LogP contribution in [0.15, 0.2) is 52.8 Å². The van der Waals surface area contributed by atoms with Gasteiger partial charge in [0.2, 0.25) is 5.91 Å². The number of rotatable bonds is 3. The van der Waals surface area contributed by atoms with Crippen molar-refractivity contribution in [3.05, 3.63) is 69.9 Å². The van der Waals surface area contributed by atoms with Crippen LogP contribution in [0, 0.1) is 0 Å². The van der Waals surface area contributed by atoms with Crippen molar-refractivity contribution in [3.63, 3.8) is 0 Å². The van der Waals surface area contributed by atoms with E-state index >= 15 is 0 Å². The molecule has 5 rings (SSSR count). The van der Waals surface area contributed by atoms with Crippen LogP contribution in [0.25, 0.3) is 10.9 Å². The van der Waals surface area contributed by atoms with Gasteiger partial charge in [0.05, 0.1) is 21.0 Å². The Bertz CT molecular complexity index is 1470. The number of halogens is 4. The lowest BCUT2D eigenvalue weighted by Gasteiger charge is -2.44. The van der Waals surface area contributed by atoms with Crippen LogP contribution in [0.5, 0.6) is 0 Å². The molecule has 2 aliphatic rings. The number of hydrogen-bond acceptors (Lipinski definition) is 6. The van der Waals surface area contributed by atoms with Gasteiger partial charge < -0.3 is 9.80 Å². The predicted molar refractivity (Wildman–Crippen MR) is 142 cm³/mol. The Kier molecular flexibility index (Phi) is 6.93. The van der Waals surface area contributed by atoms with Gasteiger partial charge in [0, 0.05) is 60.7 Å². The first kappa shape index (κ1) is 26.6. The molecule has 3 aromatic rings. The van der Waals surface area contributed by atoms with E-state index in [2.05, 4.69) is 16.5 Å². The highest BCUT2D eigenvalue weighted by Crippen LogP contribution is 2.47. The summed E-state index contributed by atoms with van der Waals surface area (Å²) in [5.41, 5.74) is -0.473. The van der Waals surface area contributed by atoms with Gasteiger partial charge in [-0.2, -0.15) is 18.2 Å². The van der Waals surface area contributed by atoms with Gasteiger partial charge in [-0.15, -0.1) is 11.8 Å². The molecule has 0 unspecified atom stereocenters. The fraction of sp³-hybridized carbons (Fsp3) is 0.385. The van der Waals surface area contributed by atoms with E-state index in [0.717, 1.165) is 11.8 Å². The van der Waals surface area contributed by atoms with Crippen LogP contribution in [0.4, 0.5) is 19.0 Å². The summed E-state index contributed by atoms with van der Waals surface area (Å²) in [6, 6.07) is 5.88. The minimum absolute atomic E-state index is 0.158. The van der Waals surface area contributed by atoms with Crippen molar-refractivity contribution in [2.24, 2.45) is 0 Å². The molecular weight excluding hydrogens is 539 g/mol. The third-order valence-corrected chi connectivity index (χ3v) is 8.79. The average Bonchev–Trinajstić information content (AvgIpc) is 3.08. The number of alkyl halides is 3. The highest BCUT2D eigenvalue weighted by atomic mass is 35.5. The van der Waals surface area contributed by atoms with Crippen molar-refractivity contribution < 1.29 is 18.0 Å².